The van der Waals surface area contributed by atoms with E-state index < -0.39 is 7.60 Å². The number of nitrogens with zero attached hydrogens (tertiary/aromatic N) is 1. The van der Waals surface area contributed by atoms with Crippen molar-refractivity contribution in [3.63, 3.8) is 0 Å². The van der Waals surface area contributed by atoms with Gasteiger partial charge < -0.3 is 14.8 Å². The molecule has 5 nitrogen and oxygen atoms in total. The molecule has 0 unspecified atom stereocenters. The Morgan fingerprint density at radius 1 is 1.70 bits per heavy atom. The van der Waals surface area contributed by atoms with E-state index in [4.69, 9.17) is 9.79 Å². The fourth-order valence-corrected chi connectivity index (χ4v) is 1.14. The van der Waals surface area contributed by atoms with E-state index in [9.17, 15) is 4.57 Å². The standard InChI is InChI=1S/C4H7N2O3P/c7-10(8,9)3-4-5-1-2-6-4/h1-2H,3H2,(H,5,6)(H2,7,8,9). The molecule has 0 amide bonds. The van der Waals surface area contributed by atoms with Gasteiger partial charge in [-0.3, -0.25) is 4.57 Å². The highest BCUT2D eigenvalue weighted by Gasteiger charge is 2.14. The van der Waals surface area contributed by atoms with Gasteiger partial charge in [0.05, 0.1) is 0 Å². The first-order valence-electron chi connectivity index (χ1n) is 2.61. The van der Waals surface area contributed by atoms with Crippen LogP contribution >= 0.6 is 7.60 Å². The number of hydrogen-bond acceptors (Lipinski definition) is 2. The molecule has 56 valence electrons. The van der Waals surface area contributed by atoms with Crippen molar-refractivity contribution in [2.75, 3.05) is 0 Å². The lowest BCUT2D eigenvalue weighted by molar-refractivity contribution is 0.370. The molecule has 0 saturated heterocycles. The van der Waals surface area contributed by atoms with E-state index in [2.05, 4.69) is 9.97 Å². The van der Waals surface area contributed by atoms with Gasteiger partial charge in [-0.2, -0.15) is 0 Å². The highest BCUT2D eigenvalue weighted by atomic mass is 31.2. The maximum atomic E-state index is 10.3. The number of hydrogen-bond donors (Lipinski definition) is 3. The van der Waals surface area contributed by atoms with Crippen molar-refractivity contribution < 1.29 is 14.4 Å². The molecule has 1 heterocycles. The fourth-order valence-electron chi connectivity index (χ4n) is 0.580. The molecule has 0 spiro atoms. The Labute approximate surface area is 57.3 Å². The first kappa shape index (κ1) is 7.47. The zero-order chi connectivity index (χ0) is 7.61. The molecule has 0 atom stereocenters. The van der Waals surface area contributed by atoms with Crippen LogP contribution in [0.2, 0.25) is 0 Å². The van der Waals surface area contributed by atoms with Crippen LogP contribution in [0.3, 0.4) is 0 Å². The topological polar surface area (TPSA) is 86.2 Å². The van der Waals surface area contributed by atoms with Crippen molar-refractivity contribution in [1.29, 1.82) is 0 Å². The molecule has 0 aliphatic rings. The minimum absolute atomic E-state index is 0.313. The Balaban J connectivity index is 2.66. The Morgan fingerprint density at radius 2 is 2.40 bits per heavy atom. The second-order valence-electron chi connectivity index (χ2n) is 1.86. The smallest absolute Gasteiger partial charge is 0.333 e. The first-order chi connectivity index (χ1) is 4.58. The van der Waals surface area contributed by atoms with Crippen LogP contribution in [0, 0.1) is 0 Å². The molecule has 0 radical (unpaired) electrons. The van der Waals surface area contributed by atoms with Gasteiger partial charge in [0.15, 0.2) is 0 Å². The summed E-state index contributed by atoms with van der Waals surface area (Å²) >= 11 is 0. The van der Waals surface area contributed by atoms with Gasteiger partial charge >= 0.3 is 7.60 Å². The lowest BCUT2D eigenvalue weighted by Crippen LogP contribution is -1.88. The van der Waals surface area contributed by atoms with Crippen molar-refractivity contribution in [3.8, 4) is 0 Å². The average molecular weight is 162 g/mol. The van der Waals surface area contributed by atoms with Gasteiger partial charge in [-0.25, -0.2) is 4.98 Å². The second kappa shape index (κ2) is 2.54. The third-order valence-corrected chi connectivity index (χ3v) is 1.62. The number of nitrogens with one attached hydrogen (secondary N) is 1. The molecule has 1 rings (SSSR count). The molecule has 10 heavy (non-hydrogen) atoms. The molecular weight excluding hydrogens is 155 g/mol. The molecule has 0 aliphatic heterocycles. The molecule has 3 N–H and O–H groups in total. The van der Waals surface area contributed by atoms with E-state index >= 15 is 0 Å². The number of H-pyrrole nitrogens is 1. The Kier molecular flexibility index (Phi) is 1.89. The third-order valence-electron chi connectivity index (χ3n) is 0.911. The van der Waals surface area contributed by atoms with Crippen LogP contribution in [0.1, 0.15) is 5.82 Å². The Hall–Kier alpha value is -0.640. The van der Waals surface area contributed by atoms with Crippen LogP contribution in [0.5, 0.6) is 0 Å². The van der Waals surface area contributed by atoms with Crippen molar-refractivity contribution >= 4 is 7.60 Å². The van der Waals surface area contributed by atoms with Crippen LogP contribution in [0.4, 0.5) is 0 Å². The van der Waals surface area contributed by atoms with E-state index in [0.29, 0.717) is 5.82 Å². The number of aromatic amines is 1. The summed E-state index contributed by atoms with van der Waals surface area (Å²) in [5.74, 6) is 0.313. The maximum absolute atomic E-state index is 10.3. The minimum Gasteiger partial charge on any atom is -0.348 e. The number of imidazole rings is 1. The summed E-state index contributed by atoms with van der Waals surface area (Å²) in [6.07, 6.45) is 2.65. The first-order valence-corrected chi connectivity index (χ1v) is 4.40. The number of aromatic nitrogens is 2. The van der Waals surface area contributed by atoms with Gasteiger partial charge in [0, 0.05) is 12.4 Å². The summed E-state index contributed by atoms with van der Waals surface area (Å²) in [5.41, 5.74) is 0. The molecule has 0 bridgehead atoms. The van der Waals surface area contributed by atoms with Gasteiger partial charge in [-0.05, 0) is 0 Å². The summed E-state index contributed by atoms with van der Waals surface area (Å²) in [6.45, 7) is 0. The number of rotatable bonds is 2. The van der Waals surface area contributed by atoms with Crippen LogP contribution in [-0.4, -0.2) is 19.8 Å². The van der Waals surface area contributed by atoms with E-state index in [1.807, 2.05) is 0 Å². The van der Waals surface area contributed by atoms with Crippen molar-refractivity contribution in [1.82, 2.24) is 9.97 Å². The van der Waals surface area contributed by atoms with Gasteiger partial charge in [0.1, 0.15) is 12.0 Å². The predicted octanol–water partition coefficient (Wildman–Crippen LogP) is 0.0874. The molecule has 1 aromatic rings. The lowest BCUT2D eigenvalue weighted by atomic mass is 10.7. The normalized spacial score (nSPS) is 11.8. The third kappa shape index (κ3) is 2.31. The van der Waals surface area contributed by atoms with Gasteiger partial charge in [0.2, 0.25) is 0 Å². The van der Waals surface area contributed by atoms with E-state index in [-0.39, 0.29) is 6.16 Å². The summed E-state index contributed by atoms with van der Waals surface area (Å²) in [5, 5.41) is 0. The van der Waals surface area contributed by atoms with Crippen LogP contribution in [0.15, 0.2) is 12.4 Å². The SMILES string of the molecule is O=P(O)(O)Cc1ncc[nH]1. The molecule has 0 fully saturated rings. The lowest BCUT2D eigenvalue weighted by Gasteiger charge is -1.98. The monoisotopic (exact) mass is 162 g/mol. The molecule has 0 saturated carbocycles. The minimum atomic E-state index is -3.95. The highest BCUT2D eigenvalue weighted by Crippen LogP contribution is 2.37. The fraction of sp³-hybridized carbons (Fsp3) is 0.250. The largest absolute Gasteiger partial charge is 0.348 e. The second-order valence-corrected chi connectivity index (χ2v) is 3.50. The van der Waals surface area contributed by atoms with Crippen molar-refractivity contribution in [3.05, 3.63) is 18.2 Å². The van der Waals surface area contributed by atoms with E-state index in [0.717, 1.165) is 0 Å². The average Bonchev–Trinajstić information content (AvgIpc) is 2.12. The van der Waals surface area contributed by atoms with Crippen LogP contribution in [-0.2, 0) is 10.7 Å². The summed E-state index contributed by atoms with van der Waals surface area (Å²) in [7, 11) is -3.95. The van der Waals surface area contributed by atoms with Crippen molar-refractivity contribution in [2.24, 2.45) is 0 Å². The predicted molar refractivity (Wildman–Crippen MR) is 34.3 cm³/mol. The highest BCUT2D eigenvalue weighted by molar-refractivity contribution is 7.50. The van der Waals surface area contributed by atoms with Crippen LogP contribution in [0.25, 0.3) is 0 Å². The summed E-state index contributed by atoms with van der Waals surface area (Å²) < 4.78 is 10.3. The zero-order valence-corrected chi connectivity index (χ0v) is 5.95. The summed E-state index contributed by atoms with van der Waals surface area (Å²) in [4.78, 5) is 23.1. The van der Waals surface area contributed by atoms with Gasteiger partial charge in [-0.15, -0.1) is 0 Å². The van der Waals surface area contributed by atoms with E-state index in [1.165, 1.54) is 12.4 Å². The van der Waals surface area contributed by atoms with Crippen LogP contribution < -0.4 is 0 Å². The van der Waals surface area contributed by atoms with Crippen molar-refractivity contribution in [2.45, 2.75) is 6.16 Å². The van der Waals surface area contributed by atoms with E-state index in [1.54, 1.807) is 0 Å². The Bertz CT molecular complexity index is 239. The quantitative estimate of drug-likeness (QED) is 0.538. The zero-order valence-electron chi connectivity index (χ0n) is 5.06. The maximum Gasteiger partial charge on any atom is 0.333 e. The molecule has 6 heteroatoms. The summed E-state index contributed by atoms with van der Waals surface area (Å²) in [6, 6.07) is 0. The molecular formula is C4H7N2O3P. The molecule has 0 aliphatic carbocycles. The van der Waals surface area contributed by atoms with Gasteiger partial charge in [-0.1, -0.05) is 0 Å². The molecule has 0 aromatic carbocycles. The Morgan fingerprint density at radius 3 is 2.80 bits per heavy atom. The molecule has 1 aromatic heterocycles. The van der Waals surface area contributed by atoms with Gasteiger partial charge in [0.25, 0.3) is 0 Å².